The first-order valence-electron chi connectivity index (χ1n) is 8.02. The van der Waals surface area contributed by atoms with Crippen molar-refractivity contribution in [2.24, 2.45) is 0 Å². The average molecular weight is 346 g/mol. The van der Waals surface area contributed by atoms with Crippen molar-refractivity contribution >= 4 is 29.5 Å². The van der Waals surface area contributed by atoms with Crippen molar-refractivity contribution < 1.29 is 9.21 Å². The third-order valence-corrected chi connectivity index (χ3v) is 4.96. The zero-order chi connectivity index (χ0) is 16.9. The maximum absolute atomic E-state index is 11.9. The van der Waals surface area contributed by atoms with Gasteiger partial charge in [0.05, 0.1) is 5.69 Å². The molecule has 1 aliphatic rings. The van der Waals surface area contributed by atoms with Crippen molar-refractivity contribution in [2.75, 3.05) is 34.8 Å². The lowest BCUT2D eigenvalue weighted by molar-refractivity contribution is 0.251. The van der Waals surface area contributed by atoms with E-state index in [1.54, 1.807) is 0 Å². The second-order valence-electron chi connectivity index (χ2n) is 5.73. The van der Waals surface area contributed by atoms with E-state index in [-0.39, 0.29) is 12.0 Å². The molecular formula is C17H22N4O2S. The third kappa shape index (κ3) is 4.23. The fraction of sp³-hybridized carbons (Fsp3) is 0.412. The van der Waals surface area contributed by atoms with Crippen molar-refractivity contribution in [3.63, 3.8) is 0 Å². The number of hydrogen-bond acceptors (Lipinski definition) is 5. The Morgan fingerprint density at radius 2 is 1.96 bits per heavy atom. The number of oxazole rings is 1. The number of aryl methyl sites for hydroxylation is 2. The van der Waals surface area contributed by atoms with Gasteiger partial charge in [-0.1, -0.05) is 12.1 Å². The molecule has 7 heteroatoms. The molecule has 1 saturated heterocycles. The van der Waals surface area contributed by atoms with Crippen LogP contribution in [0.2, 0.25) is 0 Å². The van der Waals surface area contributed by atoms with Gasteiger partial charge in [-0.05, 0) is 31.5 Å². The van der Waals surface area contributed by atoms with E-state index in [9.17, 15) is 4.79 Å². The number of anilines is 2. The van der Waals surface area contributed by atoms with E-state index >= 15 is 0 Å². The lowest BCUT2D eigenvalue weighted by atomic mass is 10.2. The van der Waals surface area contributed by atoms with Crippen LogP contribution < -0.4 is 15.5 Å². The summed E-state index contributed by atoms with van der Waals surface area (Å²) >= 11 is 2.00. The molecule has 6 nitrogen and oxygen atoms in total. The molecule has 3 rings (SSSR count). The molecular weight excluding hydrogens is 324 g/mol. The Bertz CT molecular complexity index is 674. The lowest BCUT2D eigenvalue weighted by Gasteiger charge is -2.28. The predicted molar refractivity (Wildman–Crippen MR) is 97.8 cm³/mol. The molecule has 2 heterocycles. The molecule has 1 aromatic carbocycles. The minimum Gasteiger partial charge on any atom is -0.428 e. The smallest absolute Gasteiger partial charge is 0.323 e. The minimum absolute atomic E-state index is 0.223. The molecule has 0 radical (unpaired) electrons. The number of carbonyl (C=O) groups is 1. The summed E-state index contributed by atoms with van der Waals surface area (Å²) in [6.45, 7) is 6.30. The normalized spacial score (nSPS) is 14.5. The predicted octanol–water partition coefficient (Wildman–Crippen LogP) is 3.17. The zero-order valence-electron chi connectivity index (χ0n) is 14.0. The van der Waals surface area contributed by atoms with Crippen LogP contribution in [0.15, 0.2) is 28.7 Å². The monoisotopic (exact) mass is 346 g/mol. The van der Waals surface area contributed by atoms with Crippen LogP contribution in [-0.4, -0.2) is 35.6 Å². The topological polar surface area (TPSA) is 70.4 Å². The molecule has 1 fully saturated rings. The van der Waals surface area contributed by atoms with E-state index in [1.807, 2.05) is 25.6 Å². The largest absolute Gasteiger partial charge is 0.428 e. The number of aromatic nitrogens is 1. The molecule has 0 aliphatic carbocycles. The standard InChI is InChI=1S/C17H22N4O2S/c1-12-13(2)23-17(19-12)20-16(22)18-11-14-3-5-15(6-4-14)21-7-9-24-10-8-21/h3-6H,7-11H2,1-2H3,(H2,18,19,20,22). The van der Waals surface area contributed by atoms with Crippen LogP contribution in [0.25, 0.3) is 0 Å². The molecule has 2 N–H and O–H groups in total. The summed E-state index contributed by atoms with van der Waals surface area (Å²) in [5, 5.41) is 5.41. The summed E-state index contributed by atoms with van der Waals surface area (Å²) in [5.41, 5.74) is 3.08. The van der Waals surface area contributed by atoms with Crippen LogP contribution in [0, 0.1) is 13.8 Å². The molecule has 0 bridgehead atoms. The Balaban J connectivity index is 1.49. The summed E-state index contributed by atoms with van der Waals surface area (Å²) in [6, 6.07) is 8.24. The number of nitrogens with zero attached hydrogens (tertiary/aromatic N) is 2. The van der Waals surface area contributed by atoms with Gasteiger partial charge in [-0.15, -0.1) is 0 Å². The van der Waals surface area contributed by atoms with Crippen LogP contribution >= 0.6 is 11.8 Å². The first-order chi connectivity index (χ1) is 11.6. The van der Waals surface area contributed by atoms with Gasteiger partial charge in [0.1, 0.15) is 5.76 Å². The van der Waals surface area contributed by atoms with E-state index in [1.165, 1.54) is 17.2 Å². The van der Waals surface area contributed by atoms with Crippen LogP contribution in [0.1, 0.15) is 17.0 Å². The number of nitrogens with one attached hydrogen (secondary N) is 2. The minimum atomic E-state index is -0.326. The number of carbonyl (C=O) groups excluding carboxylic acids is 1. The second-order valence-corrected chi connectivity index (χ2v) is 6.96. The molecule has 0 saturated carbocycles. The van der Waals surface area contributed by atoms with Crippen molar-refractivity contribution in [3.05, 3.63) is 41.3 Å². The summed E-state index contributed by atoms with van der Waals surface area (Å²) < 4.78 is 5.33. The van der Waals surface area contributed by atoms with Crippen molar-refractivity contribution in [2.45, 2.75) is 20.4 Å². The molecule has 1 aromatic heterocycles. The van der Waals surface area contributed by atoms with Crippen molar-refractivity contribution in [1.82, 2.24) is 10.3 Å². The van der Waals surface area contributed by atoms with Gasteiger partial charge in [0.15, 0.2) is 0 Å². The highest BCUT2D eigenvalue weighted by Crippen LogP contribution is 2.20. The van der Waals surface area contributed by atoms with E-state index < -0.39 is 0 Å². The number of amides is 2. The number of urea groups is 1. The van der Waals surface area contributed by atoms with Crippen molar-refractivity contribution in [1.29, 1.82) is 0 Å². The van der Waals surface area contributed by atoms with Gasteiger partial charge >= 0.3 is 12.0 Å². The summed E-state index contributed by atoms with van der Waals surface area (Å²) in [5.74, 6) is 3.07. The molecule has 2 amide bonds. The van der Waals surface area contributed by atoms with Crippen LogP contribution in [0.4, 0.5) is 16.5 Å². The first-order valence-corrected chi connectivity index (χ1v) is 9.18. The maximum atomic E-state index is 11.9. The quantitative estimate of drug-likeness (QED) is 0.890. The lowest BCUT2D eigenvalue weighted by Crippen LogP contribution is -2.32. The van der Waals surface area contributed by atoms with Gasteiger partial charge in [0.25, 0.3) is 0 Å². The first kappa shape index (κ1) is 16.7. The number of rotatable bonds is 4. The Labute approximate surface area is 146 Å². The summed E-state index contributed by atoms with van der Waals surface area (Å²) in [4.78, 5) is 18.4. The van der Waals surface area contributed by atoms with Crippen LogP contribution in [0.5, 0.6) is 0 Å². The zero-order valence-corrected chi connectivity index (χ0v) is 14.8. The van der Waals surface area contributed by atoms with Gasteiger partial charge in [-0.25, -0.2) is 4.79 Å². The fourth-order valence-corrected chi connectivity index (χ4v) is 3.40. The molecule has 0 atom stereocenters. The van der Waals surface area contributed by atoms with Crippen LogP contribution in [0.3, 0.4) is 0 Å². The number of thioether (sulfide) groups is 1. The van der Waals surface area contributed by atoms with E-state index in [0.717, 1.165) is 24.3 Å². The van der Waals surface area contributed by atoms with Crippen molar-refractivity contribution in [3.8, 4) is 0 Å². The summed E-state index contributed by atoms with van der Waals surface area (Å²) in [7, 11) is 0. The molecule has 0 unspecified atom stereocenters. The highest BCUT2D eigenvalue weighted by atomic mass is 32.2. The summed E-state index contributed by atoms with van der Waals surface area (Å²) in [6.07, 6.45) is 0. The maximum Gasteiger partial charge on any atom is 0.323 e. The van der Waals surface area contributed by atoms with Gasteiger partial charge < -0.3 is 14.6 Å². The van der Waals surface area contributed by atoms with Gasteiger partial charge in [0, 0.05) is 36.8 Å². The Kier molecular flexibility index (Phi) is 5.30. The number of benzene rings is 1. The van der Waals surface area contributed by atoms with Gasteiger partial charge in [-0.3, -0.25) is 5.32 Å². The van der Waals surface area contributed by atoms with Crippen LogP contribution in [-0.2, 0) is 6.54 Å². The molecule has 24 heavy (non-hydrogen) atoms. The van der Waals surface area contributed by atoms with Gasteiger partial charge in [0.2, 0.25) is 0 Å². The highest BCUT2D eigenvalue weighted by Gasteiger charge is 2.11. The molecule has 128 valence electrons. The Morgan fingerprint density at radius 3 is 2.58 bits per heavy atom. The number of hydrogen-bond donors (Lipinski definition) is 2. The molecule has 2 aromatic rings. The molecule has 1 aliphatic heterocycles. The second kappa shape index (κ2) is 7.61. The average Bonchev–Trinajstić information content (AvgIpc) is 2.92. The fourth-order valence-electron chi connectivity index (χ4n) is 2.50. The van der Waals surface area contributed by atoms with E-state index in [0.29, 0.717) is 12.3 Å². The van der Waals surface area contributed by atoms with E-state index in [2.05, 4.69) is 44.8 Å². The Hall–Kier alpha value is -2.15. The SMILES string of the molecule is Cc1nc(NC(=O)NCc2ccc(N3CCSCC3)cc2)oc1C. The third-order valence-electron chi connectivity index (χ3n) is 4.01. The van der Waals surface area contributed by atoms with E-state index in [4.69, 9.17) is 4.42 Å². The van der Waals surface area contributed by atoms with Gasteiger partial charge in [-0.2, -0.15) is 16.7 Å². The Morgan fingerprint density at radius 1 is 1.25 bits per heavy atom. The highest BCUT2D eigenvalue weighted by molar-refractivity contribution is 7.99. The molecule has 0 spiro atoms.